The van der Waals surface area contributed by atoms with E-state index in [-0.39, 0.29) is 10.7 Å². The third kappa shape index (κ3) is 5.16. The van der Waals surface area contributed by atoms with Crippen LogP contribution >= 0.6 is 23.8 Å². The number of amides is 2. The van der Waals surface area contributed by atoms with E-state index in [0.29, 0.717) is 34.3 Å². The minimum absolute atomic E-state index is 0.0242. The minimum Gasteiger partial charge on any atom is -0.488 e. The van der Waals surface area contributed by atoms with Crippen molar-refractivity contribution in [1.29, 1.82) is 0 Å². The molecule has 0 aromatic heterocycles. The topological polar surface area (TPSA) is 49.9 Å². The average molecular weight is 525 g/mol. The zero-order valence-corrected chi connectivity index (χ0v) is 21.2. The molecule has 7 heteroatoms. The Bertz CT molecular complexity index is 1430. The number of hydrogen-bond donors (Lipinski definition) is 0. The van der Waals surface area contributed by atoms with Crippen LogP contribution in [0.2, 0.25) is 5.02 Å². The van der Waals surface area contributed by atoms with E-state index >= 15 is 0 Å². The van der Waals surface area contributed by atoms with Crippen LogP contribution in [0.25, 0.3) is 6.08 Å². The van der Waals surface area contributed by atoms with Gasteiger partial charge in [0.2, 0.25) is 0 Å². The molecule has 37 heavy (non-hydrogen) atoms. The second-order valence-electron chi connectivity index (χ2n) is 8.25. The van der Waals surface area contributed by atoms with Gasteiger partial charge < -0.3 is 4.74 Å². The van der Waals surface area contributed by atoms with Crippen molar-refractivity contribution < 1.29 is 14.3 Å². The molecule has 0 radical (unpaired) electrons. The minimum atomic E-state index is -0.499. The molecule has 0 atom stereocenters. The summed E-state index contributed by atoms with van der Waals surface area (Å²) < 4.78 is 6.06. The summed E-state index contributed by atoms with van der Waals surface area (Å²) in [6, 6.07) is 32.7. The van der Waals surface area contributed by atoms with Crippen LogP contribution in [0, 0.1) is 0 Å². The lowest BCUT2D eigenvalue weighted by Gasteiger charge is -2.36. The molecule has 5 rings (SSSR count). The van der Waals surface area contributed by atoms with Crippen molar-refractivity contribution in [3.05, 3.63) is 131 Å². The van der Waals surface area contributed by atoms with Gasteiger partial charge in [0.25, 0.3) is 11.8 Å². The van der Waals surface area contributed by atoms with Crippen LogP contribution in [0.1, 0.15) is 11.1 Å². The Balaban J connectivity index is 1.55. The standard InChI is InChI=1S/C30H21ClN2O3S/c31-23-17-15-21(16-18-23)20-36-27-14-8-7-9-22(27)19-26-28(34)32(24-10-3-1-4-11-24)30(37)33(29(26)35)25-12-5-2-6-13-25/h1-19H,20H2. The highest BCUT2D eigenvalue weighted by molar-refractivity contribution is 7.81. The van der Waals surface area contributed by atoms with Crippen LogP contribution < -0.4 is 14.5 Å². The molecular weight excluding hydrogens is 504 g/mol. The van der Waals surface area contributed by atoms with Crippen molar-refractivity contribution in [1.82, 2.24) is 0 Å². The van der Waals surface area contributed by atoms with Gasteiger partial charge in [0.1, 0.15) is 17.9 Å². The summed E-state index contributed by atoms with van der Waals surface area (Å²) in [5, 5.41) is 0.740. The summed E-state index contributed by atoms with van der Waals surface area (Å²) in [4.78, 5) is 30.2. The lowest BCUT2D eigenvalue weighted by atomic mass is 10.0. The first-order valence-corrected chi connectivity index (χ1v) is 12.3. The van der Waals surface area contributed by atoms with Crippen molar-refractivity contribution in [2.45, 2.75) is 6.61 Å². The first-order chi connectivity index (χ1) is 18.0. The third-order valence-corrected chi connectivity index (χ3v) is 6.42. The summed E-state index contributed by atoms with van der Waals surface area (Å²) in [5.41, 5.74) is 2.66. The first kappa shape index (κ1) is 24.4. The van der Waals surface area contributed by atoms with E-state index in [1.54, 1.807) is 54.6 Å². The number of hydrogen-bond acceptors (Lipinski definition) is 4. The quantitative estimate of drug-likeness (QED) is 0.161. The zero-order chi connectivity index (χ0) is 25.8. The molecule has 4 aromatic rings. The highest BCUT2D eigenvalue weighted by Crippen LogP contribution is 2.31. The molecule has 1 aliphatic rings. The first-order valence-electron chi connectivity index (χ1n) is 11.5. The maximum atomic E-state index is 13.7. The Hall–Kier alpha value is -4.26. The number of ether oxygens (including phenoxy) is 1. The summed E-state index contributed by atoms with van der Waals surface area (Å²) in [5.74, 6) is -0.460. The Morgan fingerprint density at radius 3 is 1.78 bits per heavy atom. The maximum Gasteiger partial charge on any atom is 0.270 e. The van der Waals surface area contributed by atoms with Crippen LogP contribution in [-0.2, 0) is 16.2 Å². The SMILES string of the molecule is O=C1C(=Cc2ccccc2OCc2ccc(Cl)cc2)C(=O)N(c2ccccc2)C(=S)N1c1ccccc1. The van der Waals surface area contributed by atoms with Crippen molar-refractivity contribution >= 4 is 58.2 Å². The molecule has 0 N–H and O–H groups in total. The summed E-state index contributed by atoms with van der Waals surface area (Å²) in [7, 11) is 0. The number of nitrogens with zero attached hydrogens (tertiary/aromatic N) is 2. The van der Waals surface area contributed by atoms with E-state index in [2.05, 4.69) is 0 Å². The van der Waals surface area contributed by atoms with Crippen LogP contribution in [0.15, 0.2) is 115 Å². The Labute approximate surface area is 225 Å². The van der Waals surface area contributed by atoms with E-state index in [1.807, 2.05) is 60.7 Å². The van der Waals surface area contributed by atoms with E-state index in [1.165, 1.54) is 9.80 Å². The number of para-hydroxylation sites is 3. The van der Waals surface area contributed by atoms with Crippen molar-refractivity contribution in [2.75, 3.05) is 9.80 Å². The predicted molar refractivity (Wildman–Crippen MR) is 151 cm³/mol. The highest BCUT2D eigenvalue weighted by atomic mass is 35.5. The van der Waals surface area contributed by atoms with Gasteiger partial charge in [0.05, 0.1) is 11.4 Å². The van der Waals surface area contributed by atoms with Gasteiger partial charge in [0.15, 0.2) is 5.11 Å². The molecule has 4 aromatic carbocycles. The Morgan fingerprint density at radius 1 is 0.703 bits per heavy atom. The third-order valence-electron chi connectivity index (χ3n) is 5.80. The smallest absolute Gasteiger partial charge is 0.270 e. The number of anilines is 2. The largest absolute Gasteiger partial charge is 0.488 e. The van der Waals surface area contributed by atoms with E-state index < -0.39 is 11.8 Å². The highest BCUT2D eigenvalue weighted by Gasteiger charge is 2.41. The van der Waals surface area contributed by atoms with Crippen molar-refractivity contribution in [3.63, 3.8) is 0 Å². The monoisotopic (exact) mass is 524 g/mol. The molecular formula is C30H21ClN2O3S. The molecule has 2 amide bonds. The van der Waals surface area contributed by atoms with Gasteiger partial charge in [-0.2, -0.15) is 0 Å². The molecule has 0 saturated carbocycles. The van der Waals surface area contributed by atoms with Gasteiger partial charge in [-0.3, -0.25) is 19.4 Å². The second kappa shape index (κ2) is 10.8. The average Bonchev–Trinajstić information content (AvgIpc) is 2.92. The molecule has 0 bridgehead atoms. The van der Waals surface area contributed by atoms with Gasteiger partial charge >= 0.3 is 0 Å². The fourth-order valence-electron chi connectivity index (χ4n) is 3.97. The molecule has 1 heterocycles. The molecule has 5 nitrogen and oxygen atoms in total. The van der Waals surface area contributed by atoms with Gasteiger partial charge in [-0.15, -0.1) is 0 Å². The summed E-state index contributed by atoms with van der Waals surface area (Å²) >= 11 is 11.6. The predicted octanol–water partition coefficient (Wildman–Crippen LogP) is 6.67. The molecule has 0 unspecified atom stereocenters. The fourth-order valence-corrected chi connectivity index (χ4v) is 4.47. The summed E-state index contributed by atoms with van der Waals surface area (Å²) in [6.07, 6.45) is 1.56. The van der Waals surface area contributed by atoms with Crippen LogP contribution in [0.4, 0.5) is 11.4 Å². The Morgan fingerprint density at radius 2 is 1.22 bits per heavy atom. The number of thiocarbonyl (C=S) groups is 1. The Kier molecular flexibility index (Phi) is 7.12. The second-order valence-corrected chi connectivity index (χ2v) is 9.05. The van der Waals surface area contributed by atoms with Gasteiger partial charge in [-0.05, 0) is 66.3 Å². The number of carbonyl (C=O) groups is 2. The van der Waals surface area contributed by atoms with Gasteiger partial charge in [-0.1, -0.05) is 78.3 Å². The van der Waals surface area contributed by atoms with Crippen LogP contribution in [-0.4, -0.2) is 16.9 Å². The molecule has 1 fully saturated rings. The molecule has 0 aliphatic carbocycles. The van der Waals surface area contributed by atoms with Crippen LogP contribution in [0.3, 0.4) is 0 Å². The lowest BCUT2D eigenvalue weighted by molar-refractivity contribution is -0.120. The molecule has 0 spiro atoms. The molecule has 1 saturated heterocycles. The fraction of sp³-hybridized carbons (Fsp3) is 0.0333. The molecule has 182 valence electrons. The van der Waals surface area contributed by atoms with E-state index in [4.69, 9.17) is 28.6 Å². The maximum absolute atomic E-state index is 13.7. The zero-order valence-electron chi connectivity index (χ0n) is 19.6. The van der Waals surface area contributed by atoms with E-state index in [0.717, 1.165) is 5.56 Å². The van der Waals surface area contributed by atoms with E-state index in [9.17, 15) is 9.59 Å². The van der Waals surface area contributed by atoms with Crippen LogP contribution in [0.5, 0.6) is 5.75 Å². The van der Waals surface area contributed by atoms with Crippen molar-refractivity contribution in [2.24, 2.45) is 0 Å². The summed E-state index contributed by atoms with van der Waals surface area (Å²) in [6.45, 7) is 0.301. The number of carbonyl (C=O) groups excluding carboxylic acids is 2. The number of halogens is 1. The number of benzene rings is 4. The van der Waals surface area contributed by atoms with Crippen molar-refractivity contribution in [3.8, 4) is 5.75 Å². The molecule has 1 aliphatic heterocycles. The normalized spacial score (nSPS) is 13.6. The lowest BCUT2D eigenvalue weighted by Crippen LogP contribution is -2.56. The van der Waals surface area contributed by atoms with Gasteiger partial charge in [0, 0.05) is 10.6 Å². The van der Waals surface area contributed by atoms with Gasteiger partial charge in [-0.25, -0.2) is 0 Å². The number of rotatable bonds is 6.